The van der Waals surface area contributed by atoms with Gasteiger partial charge in [-0.25, -0.2) is 4.79 Å². The van der Waals surface area contributed by atoms with Crippen LogP contribution in [-0.2, 0) is 22.5 Å². The SMILES string of the molecule is COC(=O)/C=C/c1c2n(c(=O)c3ccccc13)CCc1ccccc1-2. The van der Waals surface area contributed by atoms with Gasteiger partial charge in [0.05, 0.1) is 12.8 Å². The van der Waals surface area contributed by atoms with E-state index in [0.29, 0.717) is 11.9 Å². The molecule has 1 aliphatic rings. The minimum atomic E-state index is -0.418. The lowest BCUT2D eigenvalue weighted by Crippen LogP contribution is -2.27. The van der Waals surface area contributed by atoms with E-state index in [9.17, 15) is 9.59 Å². The maximum atomic E-state index is 13.0. The predicted octanol–water partition coefficient (Wildman–Crippen LogP) is 3.41. The Morgan fingerprint density at radius 3 is 2.60 bits per heavy atom. The van der Waals surface area contributed by atoms with Crippen molar-refractivity contribution in [2.24, 2.45) is 0 Å². The number of rotatable bonds is 2. The Morgan fingerprint density at radius 2 is 1.80 bits per heavy atom. The summed E-state index contributed by atoms with van der Waals surface area (Å²) in [5.74, 6) is -0.418. The van der Waals surface area contributed by atoms with Crippen LogP contribution in [0.3, 0.4) is 0 Å². The molecule has 4 rings (SSSR count). The molecular weight excluding hydrogens is 314 g/mol. The normalized spacial score (nSPS) is 12.8. The van der Waals surface area contributed by atoms with Gasteiger partial charge in [-0.3, -0.25) is 4.79 Å². The van der Waals surface area contributed by atoms with Crippen molar-refractivity contribution in [1.29, 1.82) is 0 Å². The van der Waals surface area contributed by atoms with Crippen LogP contribution in [0, 0.1) is 0 Å². The molecule has 2 heterocycles. The number of hydrogen-bond donors (Lipinski definition) is 0. The van der Waals surface area contributed by atoms with Crippen LogP contribution in [0.15, 0.2) is 59.4 Å². The van der Waals surface area contributed by atoms with Gasteiger partial charge in [-0.2, -0.15) is 0 Å². The van der Waals surface area contributed by atoms with Crippen molar-refractivity contribution in [2.45, 2.75) is 13.0 Å². The summed E-state index contributed by atoms with van der Waals surface area (Å²) in [5, 5.41) is 1.51. The molecule has 0 spiro atoms. The van der Waals surface area contributed by atoms with Crippen molar-refractivity contribution in [3.63, 3.8) is 0 Å². The molecule has 124 valence electrons. The fourth-order valence-electron chi connectivity index (χ4n) is 3.52. The number of methoxy groups -OCH3 is 1. The minimum Gasteiger partial charge on any atom is -0.466 e. The summed E-state index contributed by atoms with van der Waals surface area (Å²) in [5.41, 5.74) is 4.00. The van der Waals surface area contributed by atoms with Gasteiger partial charge in [0, 0.05) is 29.1 Å². The Bertz CT molecular complexity index is 1080. The second-order valence-corrected chi connectivity index (χ2v) is 6.03. The van der Waals surface area contributed by atoms with Crippen molar-refractivity contribution >= 4 is 22.8 Å². The lowest BCUT2D eigenvalue weighted by molar-refractivity contribution is -0.134. The number of aromatic nitrogens is 1. The molecule has 0 N–H and O–H groups in total. The van der Waals surface area contributed by atoms with Crippen LogP contribution in [0.4, 0.5) is 0 Å². The summed E-state index contributed by atoms with van der Waals surface area (Å²) in [6.45, 7) is 0.634. The van der Waals surface area contributed by atoms with Crippen LogP contribution < -0.4 is 5.56 Å². The number of benzene rings is 2. The fourth-order valence-corrected chi connectivity index (χ4v) is 3.52. The Morgan fingerprint density at radius 1 is 1.08 bits per heavy atom. The van der Waals surface area contributed by atoms with Gasteiger partial charge in [0.15, 0.2) is 0 Å². The van der Waals surface area contributed by atoms with Gasteiger partial charge in [-0.15, -0.1) is 0 Å². The third-order valence-electron chi connectivity index (χ3n) is 4.68. The van der Waals surface area contributed by atoms with Crippen LogP contribution in [0.2, 0.25) is 0 Å². The number of aryl methyl sites for hydroxylation is 1. The second-order valence-electron chi connectivity index (χ2n) is 6.03. The molecule has 0 fully saturated rings. The molecule has 0 atom stereocenters. The van der Waals surface area contributed by atoms with Gasteiger partial charge in [-0.1, -0.05) is 42.5 Å². The number of carbonyl (C=O) groups is 1. The monoisotopic (exact) mass is 331 g/mol. The van der Waals surface area contributed by atoms with Crippen molar-refractivity contribution in [1.82, 2.24) is 4.57 Å². The van der Waals surface area contributed by atoms with Gasteiger partial charge >= 0.3 is 5.97 Å². The highest BCUT2D eigenvalue weighted by Gasteiger charge is 2.22. The van der Waals surface area contributed by atoms with Gasteiger partial charge < -0.3 is 9.30 Å². The summed E-state index contributed by atoms with van der Waals surface area (Å²) in [7, 11) is 1.35. The quantitative estimate of drug-likeness (QED) is 0.534. The zero-order chi connectivity index (χ0) is 17.4. The summed E-state index contributed by atoms with van der Waals surface area (Å²) in [4.78, 5) is 24.6. The number of pyridine rings is 1. The van der Waals surface area contributed by atoms with Crippen molar-refractivity contribution in [3.05, 3.63) is 76.1 Å². The zero-order valence-electron chi connectivity index (χ0n) is 13.9. The zero-order valence-corrected chi connectivity index (χ0v) is 13.9. The molecule has 1 aromatic heterocycles. The number of hydrogen-bond acceptors (Lipinski definition) is 3. The first-order valence-corrected chi connectivity index (χ1v) is 8.20. The maximum Gasteiger partial charge on any atom is 0.330 e. The number of nitrogens with zero attached hydrogens (tertiary/aromatic N) is 1. The molecule has 3 aromatic rings. The first-order valence-electron chi connectivity index (χ1n) is 8.20. The van der Waals surface area contributed by atoms with E-state index in [1.165, 1.54) is 18.7 Å². The topological polar surface area (TPSA) is 48.3 Å². The first-order chi connectivity index (χ1) is 12.2. The molecule has 2 aromatic carbocycles. The third kappa shape index (κ3) is 2.47. The average molecular weight is 331 g/mol. The smallest absolute Gasteiger partial charge is 0.330 e. The molecule has 0 saturated carbocycles. The van der Waals surface area contributed by atoms with Crippen LogP contribution in [0.5, 0.6) is 0 Å². The molecule has 0 radical (unpaired) electrons. The maximum absolute atomic E-state index is 13.0. The van der Waals surface area contributed by atoms with Crippen LogP contribution >= 0.6 is 0 Å². The van der Waals surface area contributed by atoms with E-state index >= 15 is 0 Å². The molecule has 0 bridgehead atoms. The average Bonchev–Trinajstić information content (AvgIpc) is 2.67. The Balaban J connectivity index is 2.12. The van der Waals surface area contributed by atoms with Gasteiger partial charge in [0.1, 0.15) is 0 Å². The van der Waals surface area contributed by atoms with Crippen LogP contribution in [0.25, 0.3) is 28.1 Å². The van der Waals surface area contributed by atoms with Gasteiger partial charge in [-0.05, 0) is 29.5 Å². The first kappa shape index (κ1) is 15.4. The standard InChI is InChI=1S/C21H17NO3/c1-25-19(23)11-10-17-16-8-4-5-9-18(16)21(24)22-13-12-14-6-2-3-7-15(14)20(17)22/h2-11H,12-13H2,1H3/b11-10+. The molecule has 4 nitrogen and oxygen atoms in total. The van der Waals surface area contributed by atoms with E-state index in [1.807, 2.05) is 47.0 Å². The third-order valence-corrected chi connectivity index (χ3v) is 4.68. The van der Waals surface area contributed by atoms with E-state index in [2.05, 4.69) is 6.07 Å². The lowest BCUT2D eigenvalue weighted by atomic mass is 9.91. The fraction of sp³-hybridized carbons (Fsp3) is 0.143. The Hall–Kier alpha value is -3.14. The summed E-state index contributed by atoms with van der Waals surface area (Å²) >= 11 is 0. The number of fused-ring (bicyclic) bond motifs is 4. The highest BCUT2D eigenvalue weighted by molar-refractivity contribution is 5.99. The van der Waals surface area contributed by atoms with Gasteiger partial charge in [0.2, 0.25) is 0 Å². The van der Waals surface area contributed by atoms with E-state index < -0.39 is 5.97 Å². The van der Waals surface area contributed by atoms with E-state index in [1.54, 1.807) is 6.08 Å². The highest BCUT2D eigenvalue weighted by atomic mass is 16.5. The van der Waals surface area contributed by atoms with Crippen molar-refractivity contribution in [2.75, 3.05) is 7.11 Å². The molecule has 25 heavy (non-hydrogen) atoms. The molecular formula is C21H17NO3. The largest absolute Gasteiger partial charge is 0.466 e. The molecule has 0 amide bonds. The Kier molecular flexibility index (Phi) is 3.73. The summed E-state index contributed by atoms with van der Waals surface area (Å²) in [6.07, 6.45) is 3.98. The molecule has 0 aliphatic carbocycles. The molecule has 4 heteroatoms. The second kappa shape index (κ2) is 6.06. The number of esters is 1. The predicted molar refractivity (Wildman–Crippen MR) is 98.4 cm³/mol. The molecule has 0 saturated heterocycles. The minimum absolute atomic E-state index is 0.00956. The Labute approximate surface area is 145 Å². The van der Waals surface area contributed by atoms with Gasteiger partial charge in [0.25, 0.3) is 5.56 Å². The molecule has 0 unspecified atom stereocenters. The number of ether oxygens (including phenoxy) is 1. The highest BCUT2D eigenvalue weighted by Crippen LogP contribution is 2.34. The number of carbonyl (C=O) groups excluding carboxylic acids is 1. The van der Waals surface area contributed by atoms with Crippen molar-refractivity contribution in [3.8, 4) is 11.3 Å². The van der Waals surface area contributed by atoms with E-state index in [0.717, 1.165) is 28.6 Å². The summed E-state index contributed by atoms with van der Waals surface area (Å²) < 4.78 is 6.55. The lowest BCUT2D eigenvalue weighted by Gasteiger charge is -2.25. The van der Waals surface area contributed by atoms with Crippen LogP contribution in [0.1, 0.15) is 11.1 Å². The summed E-state index contributed by atoms with van der Waals surface area (Å²) in [6, 6.07) is 15.6. The van der Waals surface area contributed by atoms with E-state index in [4.69, 9.17) is 4.74 Å². The molecule has 1 aliphatic heterocycles. The van der Waals surface area contributed by atoms with Crippen molar-refractivity contribution < 1.29 is 9.53 Å². The van der Waals surface area contributed by atoms with E-state index in [-0.39, 0.29) is 5.56 Å². The van der Waals surface area contributed by atoms with Crippen LogP contribution in [-0.4, -0.2) is 17.6 Å².